The number of hydrogen-bond acceptors (Lipinski definition) is 5. The predicted octanol–water partition coefficient (Wildman–Crippen LogP) is 3.92. The van der Waals surface area contributed by atoms with E-state index in [2.05, 4.69) is 5.32 Å². The quantitative estimate of drug-likeness (QED) is 0.552. The van der Waals surface area contributed by atoms with Gasteiger partial charge >= 0.3 is 5.97 Å². The Balaban J connectivity index is 1.47. The molecule has 0 aliphatic heterocycles. The molecule has 1 aliphatic carbocycles. The van der Waals surface area contributed by atoms with Gasteiger partial charge in [0, 0.05) is 11.9 Å². The number of thiophene rings is 1. The maximum atomic E-state index is 12.3. The highest BCUT2D eigenvalue weighted by atomic mass is 35.5. The van der Waals surface area contributed by atoms with Gasteiger partial charge in [0.05, 0.1) is 17.3 Å². The maximum absolute atomic E-state index is 12.3. The Hall–Kier alpha value is -2.38. The first-order valence-electron chi connectivity index (χ1n) is 9.51. The van der Waals surface area contributed by atoms with E-state index in [4.69, 9.17) is 16.3 Å². The molecule has 0 saturated heterocycles. The van der Waals surface area contributed by atoms with Crippen LogP contribution in [0.15, 0.2) is 30.3 Å². The SMILES string of the molecule is CN(CC(=O)Nc1ccccc1Cl)C(=O)COC(=O)c1cc2c(s1)CCCCC2. The fourth-order valence-corrected chi connectivity index (χ4v) is 4.46. The van der Waals surface area contributed by atoms with Gasteiger partial charge in [-0.15, -0.1) is 11.3 Å². The summed E-state index contributed by atoms with van der Waals surface area (Å²) < 4.78 is 5.17. The molecule has 0 spiro atoms. The zero-order valence-electron chi connectivity index (χ0n) is 16.2. The zero-order valence-corrected chi connectivity index (χ0v) is 17.8. The summed E-state index contributed by atoms with van der Waals surface area (Å²) in [5.74, 6) is -1.33. The molecule has 0 bridgehead atoms. The van der Waals surface area contributed by atoms with Gasteiger partial charge in [0.15, 0.2) is 6.61 Å². The second-order valence-electron chi connectivity index (χ2n) is 6.97. The van der Waals surface area contributed by atoms with Crippen molar-refractivity contribution in [3.8, 4) is 0 Å². The fraction of sp³-hybridized carbons (Fsp3) is 0.381. The van der Waals surface area contributed by atoms with Crippen LogP contribution in [0.25, 0.3) is 0 Å². The highest BCUT2D eigenvalue weighted by Gasteiger charge is 2.20. The summed E-state index contributed by atoms with van der Waals surface area (Å²) >= 11 is 7.46. The van der Waals surface area contributed by atoms with E-state index in [1.165, 1.54) is 40.1 Å². The summed E-state index contributed by atoms with van der Waals surface area (Å²) in [6.45, 7) is -0.577. The van der Waals surface area contributed by atoms with E-state index in [1.807, 2.05) is 6.07 Å². The molecule has 8 heteroatoms. The van der Waals surface area contributed by atoms with Crippen molar-refractivity contribution >= 4 is 46.4 Å². The largest absolute Gasteiger partial charge is 0.451 e. The molecule has 1 aromatic carbocycles. The molecule has 6 nitrogen and oxygen atoms in total. The number of esters is 1. The number of amides is 2. The van der Waals surface area contributed by atoms with Crippen LogP contribution >= 0.6 is 22.9 Å². The average Bonchev–Trinajstić information content (AvgIpc) is 2.98. The summed E-state index contributed by atoms with van der Waals surface area (Å²) in [4.78, 5) is 39.6. The maximum Gasteiger partial charge on any atom is 0.348 e. The molecular formula is C21H23ClN2O4S. The Morgan fingerprint density at radius 2 is 1.93 bits per heavy atom. The van der Waals surface area contributed by atoms with Crippen LogP contribution < -0.4 is 5.32 Å². The van der Waals surface area contributed by atoms with E-state index in [0.29, 0.717) is 15.6 Å². The number of nitrogens with zero attached hydrogens (tertiary/aromatic N) is 1. The van der Waals surface area contributed by atoms with E-state index in [-0.39, 0.29) is 12.5 Å². The van der Waals surface area contributed by atoms with Crippen LogP contribution in [0.3, 0.4) is 0 Å². The summed E-state index contributed by atoms with van der Waals surface area (Å²) in [5.41, 5.74) is 1.70. The molecule has 0 unspecified atom stereocenters. The molecule has 3 rings (SSSR count). The van der Waals surface area contributed by atoms with Crippen LogP contribution in [0.5, 0.6) is 0 Å². The van der Waals surface area contributed by atoms with Gasteiger partial charge in [-0.2, -0.15) is 0 Å². The Labute approximate surface area is 178 Å². The second-order valence-corrected chi connectivity index (χ2v) is 8.52. The van der Waals surface area contributed by atoms with Crippen LogP contribution in [0.4, 0.5) is 5.69 Å². The molecule has 0 atom stereocenters. The van der Waals surface area contributed by atoms with Crippen molar-refractivity contribution in [2.75, 3.05) is 25.5 Å². The number of para-hydroxylation sites is 1. The van der Waals surface area contributed by atoms with Crippen molar-refractivity contribution in [3.05, 3.63) is 50.7 Å². The number of carbonyl (C=O) groups excluding carboxylic acids is 3. The van der Waals surface area contributed by atoms with Gasteiger partial charge < -0.3 is 15.0 Å². The Bertz CT molecular complexity index is 888. The topological polar surface area (TPSA) is 75.7 Å². The molecule has 29 heavy (non-hydrogen) atoms. The van der Waals surface area contributed by atoms with Crippen LogP contribution in [0.1, 0.15) is 39.4 Å². The summed E-state index contributed by atoms with van der Waals surface area (Å²) in [7, 11) is 1.48. The van der Waals surface area contributed by atoms with Crippen LogP contribution in [-0.4, -0.2) is 42.9 Å². The number of nitrogens with one attached hydrogen (secondary N) is 1. The number of hydrogen-bond donors (Lipinski definition) is 1. The molecule has 2 amide bonds. The van der Waals surface area contributed by atoms with Crippen molar-refractivity contribution in [2.24, 2.45) is 0 Å². The zero-order chi connectivity index (χ0) is 20.8. The molecule has 1 heterocycles. The lowest BCUT2D eigenvalue weighted by Crippen LogP contribution is -2.37. The van der Waals surface area contributed by atoms with Crippen LogP contribution in [0, 0.1) is 0 Å². The van der Waals surface area contributed by atoms with Gasteiger partial charge in [-0.3, -0.25) is 9.59 Å². The minimum Gasteiger partial charge on any atom is -0.451 e. The fourth-order valence-electron chi connectivity index (χ4n) is 3.13. The van der Waals surface area contributed by atoms with E-state index < -0.39 is 18.5 Å². The number of anilines is 1. The Morgan fingerprint density at radius 1 is 1.17 bits per heavy atom. The number of aryl methyl sites for hydroxylation is 2. The normalized spacial score (nSPS) is 13.2. The standard InChI is InChI=1S/C21H23ClN2O4S/c1-24(12-19(25)23-16-9-6-5-8-15(16)22)20(26)13-28-21(27)18-11-14-7-3-2-4-10-17(14)29-18/h5-6,8-9,11H,2-4,7,10,12-13H2,1H3,(H,23,25). The van der Waals surface area contributed by atoms with Gasteiger partial charge in [-0.25, -0.2) is 4.79 Å². The first kappa shape index (κ1) is 21.3. The molecule has 2 aromatic rings. The number of fused-ring (bicyclic) bond motifs is 1. The lowest BCUT2D eigenvalue weighted by molar-refractivity contribution is -0.136. The predicted molar refractivity (Wildman–Crippen MR) is 114 cm³/mol. The Morgan fingerprint density at radius 3 is 2.72 bits per heavy atom. The van der Waals surface area contributed by atoms with Gasteiger partial charge in [-0.05, 0) is 49.4 Å². The van der Waals surface area contributed by atoms with E-state index >= 15 is 0 Å². The molecule has 0 fully saturated rings. The lowest BCUT2D eigenvalue weighted by atomic mass is 10.1. The third-order valence-corrected chi connectivity index (χ3v) is 6.28. The van der Waals surface area contributed by atoms with Crippen molar-refractivity contribution < 1.29 is 19.1 Å². The molecule has 0 radical (unpaired) electrons. The van der Waals surface area contributed by atoms with E-state index in [1.54, 1.807) is 24.3 Å². The average molecular weight is 435 g/mol. The summed E-state index contributed by atoms with van der Waals surface area (Å²) in [5, 5.41) is 3.06. The van der Waals surface area contributed by atoms with Gasteiger partial charge in [0.2, 0.25) is 5.91 Å². The lowest BCUT2D eigenvalue weighted by Gasteiger charge is -2.17. The third-order valence-electron chi connectivity index (χ3n) is 4.73. The third kappa shape index (κ3) is 5.81. The van der Waals surface area contributed by atoms with Gasteiger partial charge in [0.1, 0.15) is 4.88 Å². The van der Waals surface area contributed by atoms with Crippen molar-refractivity contribution in [1.82, 2.24) is 4.90 Å². The Kier molecular flexibility index (Phi) is 7.28. The number of benzene rings is 1. The van der Waals surface area contributed by atoms with E-state index in [0.717, 1.165) is 25.7 Å². The number of rotatable bonds is 6. The summed E-state index contributed by atoms with van der Waals surface area (Å²) in [6, 6.07) is 8.73. The molecule has 1 aliphatic rings. The minimum absolute atomic E-state index is 0.172. The summed E-state index contributed by atoms with van der Waals surface area (Å²) in [6.07, 6.45) is 5.47. The van der Waals surface area contributed by atoms with Crippen molar-refractivity contribution in [2.45, 2.75) is 32.1 Å². The van der Waals surface area contributed by atoms with Crippen molar-refractivity contribution in [1.29, 1.82) is 0 Å². The van der Waals surface area contributed by atoms with Crippen LogP contribution in [0.2, 0.25) is 5.02 Å². The monoisotopic (exact) mass is 434 g/mol. The second kappa shape index (κ2) is 9.89. The van der Waals surface area contributed by atoms with Gasteiger partial charge in [0.25, 0.3) is 5.91 Å². The smallest absolute Gasteiger partial charge is 0.348 e. The number of ether oxygens (including phenoxy) is 1. The molecule has 1 N–H and O–H groups in total. The van der Waals surface area contributed by atoms with Crippen LogP contribution in [-0.2, 0) is 27.2 Å². The van der Waals surface area contributed by atoms with E-state index in [9.17, 15) is 14.4 Å². The highest BCUT2D eigenvalue weighted by Crippen LogP contribution is 2.29. The number of halogens is 1. The first-order valence-corrected chi connectivity index (χ1v) is 10.7. The molecular weight excluding hydrogens is 412 g/mol. The van der Waals surface area contributed by atoms with Crippen molar-refractivity contribution in [3.63, 3.8) is 0 Å². The number of likely N-dealkylation sites (N-methyl/N-ethyl adjacent to an activating group) is 1. The van der Waals surface area contributed by atoms with Gasteiger partial charge in [-0.1, -0.05) is 30.2 Å². The number of carbonyl (C=O) groups is 3. The first-order chi connectivity index (χ1) is 13.9. The molecule has 0 saturated carbocycles. The molecule has 1 aromatic heterocycles. The highest BCUT2D eigenvalue weighted by molar-refractivity contribution is 7.14. The minimum atomic E-state index is -0.495. The molecule has 154 valence electrons.